The van der Waals surface area contributed by atoms with E-state index in [2.05, 4.69) is 10.6 Å². The number of ether oxygens (including phenoxy) is 1. The number of hydrogen-bond acceptors (Lipinski definition) is 4. The van der Waals surface area contributed by atoms with Crippen molar-refractivity contribution in [1.29, 1.82) is 0 Å². The zero-order valence-corrected chi connectivity index (χ0v) is 13.1. The lowest BCUT2D eigenvalue weighted by molar-refractivity contribution is -0.139. The number of benzene rings is 1. The van der Waals surface area contributed by atoms with Crippen molar-refractivity contribution in [2.24, 2.45) is 0 Å². The summed E-state index contributed by atoms with van der Waals surface area (Å²) < 4.78 is 5.50. The Morgan fingerprint density at radius 2 is 2.17 bits per heavy atom. The number of carboxylic acids is 1. The monoisotopic (exact) mass is 320 g/mol. The molecule has 0 aromatic heterocycles. The molecule has 0 aliphatic carbocycles. The Kier molecular flexibility index (Phi) is 5.20. The van der Waals surface area contributed by atoms with Crippen molar-refractivity contribution < 1.29 is 24.2 Å². The molecule has 1 aromatic rings. The molecule has 1 aromatic carbocycles. The maximum absolute atomic E-state index is 12.4. The van der Waals surface area contributed by atoms with Crippen molar-refractivity contribution in [2.45, 2.75) is 45.3 Å². The van der Waals surface area contributed by atoms with Crippen LogP contribution in [0.2, 0.25) is 0 Å². The first-order chi connectivity index (χ1) is 10.9. The van der Waals surface area contributed by atoms with Crippen molar-refractivity contribution >= 4 is 23.5 Å². The number of unbranched alkanes of at least 4 members (excludes halogenated alkanes) is 1. The molecule has 2 amide bonds. The van der Waals surface area contributed by atoms with Crippen LogP contribution < -0.4 is 15.4 Å². The zero-order valence-electron chi connectivity index (χ0n) is 13.1. The molecule has 0 saturated carbocycles. The smallest absolute Gasteiger partial charge is 0.326 e. The van der Waals surface area contributed by atoms with Crippen molar-refractivity contribution in [1.82, 2.24) is 5.32 Å². The van der Waals surface area contributed by atoms with Crippen LogP contribution in [0.5, 0.6) is 5.75 Å². The van der Waals surface area contributed by atoms with Crippen LogP contribution in [-0.4, -0.2) is 35.0 Å². The number of nitrogens with one attached hydrogen (secondary N) is 2. The minimum Gasteiger partial charge on any atom is -0.480 e. The number of anilines is 1. The predicted molar refractivity (Wildman–Crippen MR) is 83.6 cm³/mol. The van der Waals surface area contributed by atoms with Gasteiger partial charge in [0.2, 0.25) is 0 Å². The summed E-state index contributed by atoms with van der Waals surface area (Å²) in [5, 5.41) is 14.4. The van der Waals surface area contributed by atoms with E-state index in [9.17, 15) is 19.5 Å². The second-order valence-corrected chi connectivity index (χ2v) is 5.44. The molecule has 0 saturated heterocycles. The Morgan fingerprint density at radius 1 is 1.43 bits per heavy atom. The molecule has 7 nitrogen and oxygen atoms in total. The van der Waals surface area contributed by atoms with Gasteiger partial charge in [-0.05, 0) is 25.5 Å². The number of hydrogen-bond donors (Lipinski definition) is 3. The Labute approximate surface area is 134 Å². The van der Waals surface area contributed by atoms with Gasteiger partial charge in [-0.15, -0.1) is 0 Å². The first kappa shape index (κ1) is 16.8. The Bertz CT molecular complexity index is 629. The highest BCUT2D eigenvalue weighted by molar-refractivity contribution is 6.04. The summed E-state index contributed by atoms with van der Waals surface area (Å²) in [6.45, 7) is 3.53. The maximum atomic E-state index is 12.4. The van der Waals surface area contributed by atoms with Crippen molar-refractivity contribution in [3.8, 4) is 5.75 Å². The number of carbonyl (C=O) groups is 3. The summed E-state index contributed by atoms with van der Waals surface area (Å²) in [6, 6.07) is 3.82. The van der Waals surface area contributed by atoms with E-state index in [1.165, 1.54) is 6.07 Å². The van der Waals surface area contributed by atoms with Crippen LogP contribution in [0.25, 0.3) is 0 Å². The summed E-state index contributed by atoms with van der Waals surface area (Å²) in [6.07, 6.45) is 1.19. The minimum atomic E-state index is -1.07. The predicted octanol–water partition coefficient (Wildman–Crippen LogP) is 1.78. The summed E-state index contributed by atoms with van der Waals surface area (Å²) in [5.41, 5.74) is 0.610. The van der Waals surface area contributed by atoms with Crippen LogP contribution >= 0.6 is 0 Å². The summed E-state index contributed by atoms with van der Waals surface area (Å²) in [5.74, 6) is -1.63. The Balaban J connectivity index is 2.21. The SMILES string of the molecule is CCCC[C@H](NC(=O)c1cccc2c1OC(C)C(=O)N2)C(=O)O. The van der Waals surface area contributed by atoms with Gasteiger partial charge in [-0.1, -0.05) is 25.8 Å². The van der Waals surface area contributed by atoms with E-state index in [-0.39, 0.29) is 17.2 Å². The molecule has 7 heteroatoms. The van der Waals surface area contributed by atoms with Crippen molar-refractivity contribution in [3.05, 3.63) is 23.8 Å². The third-order valence-corrected chi connectivity index (χ3v) is 3.63. The van der Waals surface area contributed by atoms with E-state index < -0.39 is 24.0 Å². The molecule has 3 N–H and O–H groups in total. The van der Waals surface area contributed by atoms with E-state index >= 15 is 0 Å². The molecule has 23 heavy (non-hydrogen) atoms. The summed E-state index contributed by atoms with van der Waals surface area (Å²) in [4.78, 5) is 35.3. The fourth-order valence-electron chi connectivity index (χ4n) is 2.31. The van der Waals surface area contributed by atoms with E-state index in [0.29, 0.717) is 18.5 Å². The van der Waals surface area contributed by atoms with Gasteiger partial charge in [-0.2, -0.15) is 0 Å². The lowest BCUT2D eigenvalue weighted by Gasteiger charge is -2.25. The molecule has 0 radical (unpaired) electrons. The Morgan fingerprint density at radius 3 is 2.83 bits per heavy atom. The van der Waals surface area contributed by atoms with Crippen LogP contribution in [-0.2, 0) is 9.59 Å². The van der Waals surface area contributed by atoms with Gasteiger partial charge in [-0.25, -0.2) is 4.79 Å². The third-order valence-electron chi connectivity index (χ3n) is 3.63. The lowest BCUT2D eigenvalue weighted by Crippen LogP contribution is -2.41. The maximum Gasteiger partial charge on any atom is 0.326 e. The number of carbonyl (C=O) groups excluding carboxylic acids is 2. The molecule has 0 spiro atoms. The van der Waals surface area contributed by atoms with Crippen LogP contribution in [0.4, 0.5) is 5.69 Å². The van der Waals surface area contributed by atoms with Gasteiger partial charge in [0.15, 0.2) is 11.9 Å². The van der Waals surface area contributed by atoms with Crippen molar-refractivity contribution in [3.63, 3.8) is 0 Å². The number of para-hydroxylation sites is 1. The van der Waals surface area contributed by atoms with E-state index in [4.69, 9.17) is 4.74 Å². The number of rotatable bonds is 6. The van der Waals surface area contributed by atoms with E-state index in [1.54, 1.807) is 19.1 Å². The van der Waals surface area contributed by atoms with Crippen LogP contribution in [0.15, 0.2) is 18.2 Å². The average molecular weight is 320 g/mol. The Hall–Kier alpha value is -2.57. The van der Waals surface area contributed by atoms with E-state index in [0.717, 1.165) is 6.42 Å². The average Bonchev–Trinajstić information content (AvgIpc) is 2.51. The molecule has 1 aliphatic rings. The van der Waals surface area contributed by atoms with Gasteiger partial charge >= 0.3 is 5.97 Å². The molecular formula is C16H20N2O5. The van der Waals surface area contributed by atoms with Gasteiger partial charge in [0.05, 0.1) is 11.3 Å². The molecule has 1 aliphatic heterocycles. The van der Waals surface area contributed by atoms with Gasteiger partial charge in [-0.3, -0.25) is 9.59 Å². The zero-order chi connectivity index (χ0) is 17.0. The van der Waals surface area contributed by atoms with Crippen molar-refractivity contribution in [2.75, 3.05) is 5.32 Å². The summed E-state index contributed by atoms with van der Waals surface area (Å²) in [7, 11) is 0. The minimum absolute atomic E-state index is 0.206. The standard InChI is InChI=1S/C16H20N2O5/c1-3-4-7-12(16(21)22)18-15(20)10-6-5-8-11-13(10)23-9(2)14(19)17-11/h5-6,8-9,12H,3-4,7H2,1-2H3,(H,17,19)(H,18,20)(H,21,22)/t9?,12-/m0/s1. The topological polar surface area (TPSA) is 105 Å². The lowest BCUT2D eigenvalue weighted by atomic mass is 10.1. The molecule has 0 bridgehead atoms. The fourth-order valence-corrected chi connectivity index (χ4v) is 2.31. The second kappa shape index (κ2) is 7.13. The molecule has 124 valence electrons. The van der Waals surface area contributed by atoms with Crippen LogP contribution in [0.3, 0.4) is 0 Å². The highest BCUT2D eigenvalue weighted by Crippen LogP contribution is 2.33. The van der Waals surface area contributed by atoms with Crippen LogP contribution in [0.1, 0.15) is 43.5 Å². The molecule has 2 rings (SSSR count). The van der Waals surface area contributed by atoms with Gasteiger partial charge in [0.1, 0.15) is 6.04 Å². The van der Waals surface area contributed by atoms with Gasteiger partial charge in [0.25, 0.3) is 11.8 Å². The fraction of sp³-hybridized carbons (Fsp3) is 0.438. The number of fused-ring (bicyclic) bond motifs is 1. The van der Waals surface area contributed by atoms with Gasteiger partial charge < -0.3 is 20.5 Å². The number of amides is 2. The largest absolute Gasteiger partial charge is 0.480 e. The molecular weight excluding hydrogens is 300 g/mol. The second-order valence-electron chi connectivity index (χ2n) is 5.44. The highest BCUT2D eigenvalue weighted by atomic mass is 16.5. The molecule has 1 heterocycles. The highest BCUT2D eigenvalue weighted by Gasteiger charge is 2.29. The molecule has 0 fully saturated rings. The summed E-state index contributed by atoms with van der Waals surface area (Å²) >= 11 is 0. The first-order valence-corrected chi connectivity index (χ1v) is 7.58. The third kappa shape index (κ3) is 3.80. The molecule has 1 unspecified atom stereocenters. The number of carboxylic acid groups (broad SMARTS) is 1. The number of aliphatic carboxylic acids is 1. The van der Waals surface area contributed by atoms with Gasteiger partial charge in [0, 0.05) is 0 Å². The van der Waals surface area contributed by atoms with E-state index in [1.807, 2.05) is 6.92 Å². The quantitative estimate of drug-likeness (QED) is 0.741. The molecule has 2 atom stereocenters. The normalized spacial score (nSPS) is 17.5. The van der Waals surface area contributed by atoms with Crippen LogP contribution in [0, 0.1) is 0 Å². The first-order valence-electron chi connectivity index (χ1n) is 7.58.